The summed E-state index contributed by atoms with van der Waals surface area (Å²) < 4.78 is 34.1. The summed E-state index contributed by atoms with van der Waals surface area (Å²) in [5.74, 6) is 0.00254. The maximum Gasteiger partial charge on any atom is 0.586 e. The summed E-state index contributed by atoms with van der Waals surface area (Å²) in [5.41, 5.74) is 1.16. The SMILES string of the molecule is FC1(F)Oc2ccc(-c3cn[nH]n3)cc2O1. The number of hydrogen-bond donors (Lipinski definition) is 1. The fraction of sp³-hybridized carbons (Fsp3) is 0.111. The highest BCUT2D eigenvalue weighted by Crippen LogP contribution is 2.42. The number of halogens is 2. The molecule has 2 aromatic rings. The molecule has 5 nitrogen and oxygen atoms in total. The van der Waals surface area contributed by atoms with E-state index in [0.29, 0.717) is 11.3 Å². The van der Waals surface area contributed by atoms with E-state index in [4.69, 9.17) is 0 Å². The second-order valence-corrected chi connectivity index (χ2v) is 3.18. The monoisotopic (exact) mass is 225 g/mol. The first-order valence-corrected chi connectivity index (χ1v) is 4.40. The number of H-pyrrole nitrogens is 1. The van der Waals surface area contributed by atoms with Gasteiger partial charge in [-0.25, -0.2) is 0 Å². The first-order valence-electron chi connectivity index (χ1n) is 4.40. The van der Waals surface area contributed by atoms with Crippen molar-refractivity contribution in [2.45, 2.75) is 6.29 Å². The van der Waals surface area contributed by atoms with E-state index in [0.717, 1.165) is 0 Å². The Morgan fingerprint density at radius 3 is 2.75 bits per heavy atom. The highest BCUT2D eigenvalue weighted by atomic mass is 19.3. The van der Waals surface area contributed by atoms with Crippen LogP contribution in [0.5, 0.6) is 11.5 Å². The van der Waals surface area contributed by atoms with Crippen LogP contribution in [0.25, 0.3) is 11.3 Å². The van der Waals surface area contributed by atoms with E-state index in [1.54, 1.807) is 6.07 Å². The predicted molar refractivity (Wildman–Crippen MR) is 48.0 cm³/mol. The molecule has 82 valence electrons. The van der Waals surface area contributed by atoms with Crippen molar-refractivity contribution in [2.24, 2.45) is 0 Å². The average Bonchev–Trinajstić information content (AvgIpc) is 2.80. The minimum Gasteiger partial charge on any atom is -0.395 e. The van der Waals surface area contributed by atoms with Crippen LogP contribution in [0.15, 0.2) is 24.4 Å². The molecule has 16 heavy (non-hydrogen) atoms. The van der Waals surface area contributed by atoms with E-state index in [-0.39, 0.29) is 11.5 Å². The Bertz CT molecular complexity index is 528. The van der Waals surface area contributed by atoms with E-state index < -0.39 is 6.29 Å². The number of benzene rings is 1. The summed E-state index contributed by atoms with van der Waals surface area (Å²) in [7, 11) is 0. The summed E-state index contributed by atoms with van der Waals surface area (Å²) >= 11 is 0. The van der Waals surface area contributed by atoms with Crippen LogP contribution in [-0.2, 0) is 0 Å². The molecular weight excluding hydrogens is 220 g/mol. The third-order valence-electron chi connectivity index (χ3n) is 2.11. The summed E-state index contributed by atoms with van der Waals surface area (Å²) in [6, 6.07) is 4.43. The Morgan fingerprint density at radius 2 is 2.00 bits per heavy atom. The minimum absolute atomic E-state index is 0.00880. The van der Waals surface area contributed by atoms with Crippen LogP contribution < -0.4 is 9.47 Å². The van der Waals surface area contributed by atoms with Gasteiger partial charge in [0.2, 0.25) is 0 Å². The van der Waals surface area contributed by atoms with Gasteiger partial charge in [-0.05, 0) is 18.2 Å². The number of aromatic amines is 1. The molecule has 1 aliphatic heterocycles. The maximum absolute atomic E-state index is 12.7. The molecule has 1 aromatic heterocycles. The molecule has 0 unspecified atom stereocenters. The molecule has 0 spiro atoms. The van der Waals surface area contributed by atoms with E-state index in [1.165, 1.54) is 18.3 Å². The first kappa shape index (κ1) is 9.08. The summed E-state index contributed by atoms with van der Waals surface area (Å²) in [5, 5.41) is 9.88. The van der Waals surface area contributed by atoms with Gasteiger partial charge in [-0.1, -0.05) is 0 Å². The standard InChI is InChI=1S/C9H5F2N3O2/c10-9(11)15-7-2-1-5(3-8(7)16-9)6-4-12-14-13-6/h1-4H,(H,12,13,14). The Kier molecular flexibility index (Phi) is 1.65. The van der Waals surface area contributed by atoms with Crippen LogP contribution in [0.4, 0.5) is 8.78 Å². The Balaban J connectivity index is 2.03. The molecule has 0 bridgehead atoms. The Labute approximate surface area is 88.0 Å². The number of ether oxygens (including phenoxy) is 2. The zero-order chi connectivity index (χ0) is 11.2. The second-order valence-electron chi connectivity index (χ2n) is 3.18. The van der Waals surface area contributed by atoms with E-state index in [2.05, 4.69) is 24.9 Å². The average molecular weight is 225 g/mol. The molecule has 0 radical (unpaired) electrons. The van der Waals surface area contributed by atoms with Crippen molar-refractivity contribution in [3.05, 3.63) is 24.4 Å². The van der Waals surface area contributed by atoms with Gasteiger partial charge < -0.3 is 9.47 Å². The van der Waals surface area contributed by atoms with Gasteiger partial charge in [0.1, 0.15) is 5.69 Å². The van der Waals surface area contributed by atoms with Gasteiger partial charge in [0.15, 0.2) is 11.5 Å². The molecule has 2 heterocycles. The van der Waals surface area contributed by atoms with Gasteiger partial charge in [0.05, 0.1) is 6.20 Å². The minimum atomic E-state index is -3.59. The molecule has 1 aromatic carbocycles. The van der Waals surface area contributed by atoms with Crippen molar-refractivity contribution in [3.63, 3.8) is 0 Å². The molecule has 0 fully saturated rings. The van der Waals surface area contributed by atoms with Crippen molar-refractivity contribution in [1.29, 1.82) is 0 Å². The highest BCUT2D eigenvalue weighted by Gasteiger charge is 2.43. The van der Waals surface area contributed by atoms with Crippen molar-refractivity contribution >= 4 is 0 Å². The number of fused-ring (bicyclic) bond motifs is 1. The Morgan fingerprint density at radius 1 is 1.19 bits per heavy atom. The van der Waals surface area contributed by atoms with Crippen molar-refractivity contribution in [3.8, 4) is 22.8 Å². The molecule has 3 rings (SSSR count). The lowest BCUT2D eigenvalue weighted by atomic mass is 10.1. The number of rotatable bonds is 1. The highest BCUT2D eigenvalue weighted by molar-refractivity contribution is 5.63. The van der Waals surface area contributed by atoms with Gasteiger partial charge in [-0.2, -0.15) is 15.4 Å². The topological polar surface area (TPSA) is 60.0 Å². The summed E-state index contributed by atoms with van der Waals surface area (Å²) in [4.78, 5) is 0. The lowest BCUT2D eigenvalue weighted by molar-refractivity contribution is -0.286. The molecule has 0 saturated heterocycles. The van der Waals surface area contributed by atoms with Crippen LogP contribution in [0.2, 0.25) is 0 Å². The van der Waals surface area contributed by atoms with Crippen LogP contribution in [0.3, 0.4) is 0 Å². The predicted octanol–water partition coefficient (Wildman–Crippen LogP) is 1.79. The van der Waals surface area contributed by atoms with Crippen molar-refractivity contribution in [2.75, 3.05) is 0 Å². The van der Waals surface area contributed by atoms with Gasteiger partial charge in [-0.15, -0.1) is 8.78 Å². The molecule has 7 heteroatoms. The number of nitrogens with one attached hydrogen (secondary N) is 1. The fourth-order valence-corrected chi connectivity index (χ4v) is 1.45. The molecule has 0 amide bonds. The smallest absolute Gasteiger partial charge is 0.395 e. The van der Waals surface area contributed by atoms with Crippen molar-refractivity contribution < 1.29 is 18.3 Å². The first-order chi connectivity index (χ1) is 7.64. The van der Waals surface area contributed by atoms with Crippen molar-refractivity contribution in [1.82, 2.24) is 15.4 Å². The van der Waals surface area contributed by atoms with Crippen LogP contribution in [-0.4, -0.2) is 21.7 Å². The normalized spacial score (nSPS) is 16.4. The zero-order valence-electron chi connectivity index (χ0n) is 7.78. The third kappa shape index (κ3) is 1.37. The molecular formula is C9H5F2N3O2. The van der Waals surface area contributed by atoms with Crippen LogP contribution in [0.1, 0.15) is 0 Å². The van der Waals surface area contributed by atoms with Gasteiger partial charge in [0.25, 0.3) is 0 Å². The number of aromatic nitrogens is 3. The lowest BCUT2D eigenvalue weighted by Crippen LogP contribution is -2.25. The lowest BCUT2D eigenvalue weighted by Gasteiger charge is -2.04. The van der Waals surface area contributed by atoms with Gasteiger partial charge in [-0.3, -0.25) is 0 Å². The largest absolute Gasteiger partial charge is 0.586 e. The third-order valence-corrected chi connectivity index (χ3v) is 2.11. The molecule has 0 atom stereocenters. The van der Waals surface area contributed by atoms with Gasteiger partial charge in [0, 0.05) is 5.56 Å². The number of nitrogens with zero attached hydrogens (tertiary/aromatic N) is 2. The van der Waals surface area contributed by atoms with E-state index in [9.17, 15) is 8.78 Å². The summed E-state index contributed by atoms with van der Waals surface area (Å²) in [6.45, 7) is 0. The van der Waals surface area contributed by atoms with Crippen LogP contribution in [0, 0.1) is 0 Å². The summed E-state index contributed by atoms with van der Waals surface area (Å²) in [6.07, 6.45) is -2.11. The van der Waals surface area contributed by atoms with Gasteiger partial charge >= 0.3 is 6.29 Å². The Hall–Kier alpha value is -2.18. The molecule has 0 saturated carbocycles. The molecule has 1 N–H and O–H groups in total. The van der Waals surface area contributed by atoms with Crippen LogP contribution >= 0.6 is 0 Å². The fourth-order valence-electron chi connectivity index (χ4n) is 1.45. The zero-order valence-corrected chi connectivity index (χ0v) is 7.78. The van der Waals surface area contributed by atoms with E-state index >= 15 is 0 Å². The number of alkyl halides is 2. The molecule has 0 aliphatic carbocycles. The molecule has 1 aliphatic rings. The maximum atomic E-state index is 12.7. The van der Waals surface area contributed by atoms with E-state index in [1.807, 2.05) is 0 Å². The quantitative estimate of drug-likeness (QED) is 0.803. The second kappa shape index (κ2) is 2.91. The number of hydrogen-bond acceptors (Lipinski definition) is 4.